The van der Waals surface area contributed by atoms with Crippen molar-refractivity contribution in [3.05, 3.63) is 71.0 Å². The van der Waals surface area contributed by atoms with Crippen molar-refractivity contribution in [3.63, 3.8) is 0 Å². The van der Waals surface area contributed by atoms with Crippen LogP contribution in [-0.2, 0) is 13.9 Å². The van der Waals surface area contributed by atoms with Gasteiger partial charge in [-0.25, -0.2) is 0 Å². The Hall–Kier alpha value is -3.20. The molecular formula is C22H24N5O4PS. The molecule has 0 saturated heterocycles. The van der Waals surface area contributed by atoms with E-state index in [1.165, 1.54) is 11.2 Å². The molecule has 0 amide bonds. The molecule has 0 spiro atoms. The number of nitrogens with one attached hydrogen (secondary N) is 1. The first-order chi connectivity index (χ1) is 15.9. The second-order valence-electron chi connectivity index (χ2n) is 6.72. The first-order valence-electron chi connectivity index (χ1n) is 10.3. The molecule has 1 atom stereocenters. The fourth-order valence-electron chi connectivity index (χ4n) is 2.72. The van der Waals surface area contributed by atoms with Crippen molar-refractivity contribution >= 4 is 41.8 Å². The van der Waals surface area contributed by atoms with Gasteiger partial charge in [0.25, 0.3) is 0 Å². The number of para-hydroxylation sites is 2. The average molecular weight is 486 g/mol. The molecule has 11 heteroatoms. The molecule has 0 saturated carbocycles. The van der Waals surface area contributed by atoms with Gasteiger partial charge in [-0.15, -0.1) is 0 Å². The summed E-state index contributed by atoms with van der Waals surface area (Å²) in [5, 5.41) is 8.45. The molecule has 1 N–H and O–H groups in total. The topological polar surface area (TPSA) is 115 Å². The molecule has 3 rings (SSSR count). The van der Waals surface area contributed by atoms with Crippen LogP contribution in [0.3, 0.4) is 0 Å². The van der Waals surface area contributed by atoms with Crippen LogP contribution in [-0.4, -0.2) is 33.3 Å². The van der Waals surface area contributed by atoms with Crippen LogP contribution >= 0.6 is 19.1 Å². The van der Waals surface area contributed by atoms with E-state index in [9.17, 15) is 14.2 Å². The number of hydrazone groups is 1. The van der Waals surface area contributed by atoms with Crippen molar-refractivity contribution in [3.8, 4) is 5.69 Å². The number of benzene rings is 2. The highest BCUT2D eigenvalue weighted by molar-refractivity contribution is 7.78. The Bertz CT molecular complexity index is 1270. The maximum absolute atomic E-state index is 13.8. The van der Waals surface area contributed by atoms with Crippen LogP contribution < -0.4 is 10.1 Å². The van der Waals surface area contributed by atoms with Gasteiger partial charge in [-0.05, 0) is 35.8 Å². The highest BCUT2D eigenvalue weighted by Crippen LogP contribution is 2.49. The minimum atomic E-state index is -4.13. The third kappa shape index (κ3) is 5.78. The monoisotopic (exact) mass is 485 g/mol. The largest absolute Gasteiger partial charge is 0.369 e. The Morgan fingerprint density at radius 3 is 2.27 bits per heavy atom. The van der Waals surface area contributed by atoms with Crippen LogP contribution in [0.25, 0.3) is 5.69 Å². The minimum absolute atomic E-state index is 0.0472. The highest BCUT2D eigenvalue weighted by Gasteiger charge is 2.35. The average Bonchev–Trinajstić information content (AvgIpc) is 3.28. The number of hydrogen-bond acceptors (Lipinski definition) is 8. The maximum Gasteiger partial charge on any atom is 0.369 e. The molecule has 0 aliphatic rings. The zero-order valence-corrected chi connectivity index (χ0v) is 20.2. The number of hydrogen-bond donors (Lipinski definition) is 1. The number of nitrogens with zero attached hydrogens (tertiary/aromatic N) is 4. The summed E-state index contributed by atoms with van der Waals surface area (Å²) in [5.41, 5.74) is 3.77. The molecule has 0 fully saturated rings. The molecule has 1 unspecified atom stereocenters. The molecule has 0 radical (unpaired) electrons. The van der Waals surface area contributed by atoms with E-state index in [0.29, 0.717) is 11.4 Å². The van der Waals surface area contributed by atoms with Crippen LogP contribution in [0, 0.1) is 0 Å². The van der Waals surface area contributed by atoms with Crippen molar-refractivity contribution in [2.45, 2.75) is 26.7 Å². The summed E-state index contributed by atoms with van der Waals surface area (Å²) in [6.07, 6.45) is 0.231. The number of rotatable bonds is 10. The summed E-state index contributed by atoms with van der Waals surface area (Å²) >= 11 is 1.03. The first kappa shape index (κ1) is 24.4. The lowest BCUT2D eigenvalue weighted by Crippen LogP contribution is -2.18. The van der Waals surface area contributed by atoms with Crippen LogP contribution in [0.2, 0.25) is 0 Å². The highest BCUT2D eigenvalue weighted by atomic mass is 32.1. The van der Waals surface area contributed by atoms with Gasteiger partial charge in [-0.3, -0.25) is 19.6 Å². The van der Waals surface area contributed by atoms with Gasteiger partial charge in [0.15, 0.2) is 21.9 Å². The number of ketones is 2. The normalized spacial score (nSPS) is 14.0. The van der Waals surface area contributed by atoms with E-state index >= 15 is 0 Å². The molecule has 2 aromatic carbocycles. The molecule has 3 aromatic rings. The van der Waals surface area contributed by atoms with Crippen molar-refractivity contribution in [1.29, 1.82) is 0 Å². The molecular weight excluding hydrogens is 461 g/mol. The predicted molar refractivity (Wildman–Crippen MR) is 129 cm³/mol. The van der Waals surface area contributed by atoms with Gasteiger partial charge in [0.05, 0.1) is 11.4 Å². The molecule has 1 heterocycles. The van der Waals surface area contributed by atoms with Crippen molar-refractivity contribution < 1.29 is 18.7 Å². The number of carbonyl (C=O) groups excluding carboxylic acids is 2. The van der Waals surface area contributed by atoms with E-state index < -0.39 is 13.3 Å². The predicted octanol–water partition coefficient (Wildman–Crippen LogP) is 4.67. The Morgan fingerprint density at radius 2 is 1.70 bits per heavy atom. The lowest BCUT2D eigenvalue weighted by Gasteiger charge is -2.12. The van der Waals surface area contributed by atoms with Gasteiger partial charge in [-0.2, -0.15) is 19.0 Å². The Labute approximate surface area is 195 Å². The van der Waals surface area contributed by atoms with E-state index in [-0.39, 0.29) is 34.4 Å². The first-order valence-corrected chi connectivity index (χ1v) is 12.6. The summed E-state index contributed by atoms with van der Waals surface area (Å²) in [7, 11) is -2.94. The molecule has 0 bridgehead atoms. The Balaban J connectivity index is 2.15. The van der Waals surface area contributed by atoms with Gasteiger partial charge in [-0.1, -0.05) is 50.2 Å². The van der Waals surface area contributed by atoms with Crippen LogP contribution in [0.5, 0.6) is 0 Å². The minimum Gasteiger partial charge on any atom is -0.311 e. The zero-order chi connectivity index (χ0) is 23.8. The third-order valence-corrected chi connectivity index (χ3v) is 7.40. The van der Waals surface area contributed by atoms with E-state index in [2.05, 4.69) is 20.4 Å². The smallest absolute Gasteiger partial charge is 0.311 e. The maximum atomic E-state index is 13.8. The Kier molecular flexibility index (Phi) is 8.21. The molecule has 172 valence electrons. The number of aromatic nitrogens is 2. The zero-order valence-electron chi connectivity index (χ0n) is 18.5. The SMILES string of the molecule is CCC(=O)/C(=N\Nc1ccccc1)P(=O)(/N=c1/sn(-c2ccccc2)nc1C(=O)CC)OC. The number of anilines is 1. The third-order valence-electron chi connectivity index (χ3n) is 4.50. The van der Waals surface area contributed by atoms with Crippen LogP contribution in [0.1, 0.15) is 37.2 Å². The van der Waals surface area contributed by atoms with E-state index in [1.54, 1.807) is 38.1 Å². The fraction of sp³-hybridized carbons (Fsp3) is 0.227. The van der Waals surface area contributed by atoms with Gasteiger partial charge in [0.1, 0.15) is 0 Å². The fourth-order valence-corrected chi connectivity index (χ4v) is 5.27. The molecule has 9 nitrogen and oxygen atoms in total. The van der Waals surface area contributed by atoms with Crippen molar-refractivity contribution in [2.75, 3.05) is 12.5 Å². The van der Waals surface area contributed by atoms with Crippen molar-refractivity contribution in [1.82, 2.24) is 9.17 Å². The molecule has 0 aliphatic carbocycles. The summed E-state index contributed by atoms with van der Waals surface area (Å²) in [4.78, 5) is 25.2. The summed E-state index contributed by atoms with van der Waals surface area (Å²) in [5.74, 6) is -0.763. The lowest BCUT2D eigenvalue weighted by atomic mass is 10.2. The summed E-state index contributed by atoms with van der Waals surface area (Å²) in [6, 6.07) is 18.1. The van der Waals surface area contributed by atoms with E-state index in [4.69, 9.17) is 4.52 Å². The van der Waals surface area contributed by atoms with Gasteiger partial charge in [0.2, 0.25) is 5.45 Å². The summed E-state index contributed by atoms with van der Waals surface area (Å²) < 4.78 is 24.9. The standard InChI is InChI=1S/C22H24N5O4PS/c1-4-18(28)20-22(33-27(25-20)17-14-10-7-11-15-17)26-32(30,31-3)21(19(29)5-2)24-23-16-12-8-6-9-13-16/h6-15,23H,4-5H2,1-3H3/b24-21+,26-22+. The van der Waals surface area contributed by atoms with Gasteiger partial charge < -0.3 is 4.52 Å². The van der Waals surface area contributed by atoms with Gasteiger partial charge >= 0.3 is 7.52 Å². The lowest BCUT2D eigenvalue weighted by molar-refractivity contribution is -0.112. The van der Waals surface area contributed by atoms with E-state index in [1.807, 2.05) is 36.4 Å². The number of Topliss-reactive ketones (excluding diaryl/α,β-unsaturated/α-hetero) is 2. The molecule has 33 heavy (non-hydrogen) atoms. The molecule has 1 aromatic heterocycles. The van der Waals surface area contributed by atoms with Crippen LogP contribution in [0.4, 0.5) is 5.69 Å². The molecule has 0 aliphatic heterocycles. The van der Waals surface area contributed by atoms with E-state index in [0.717, 1.165) is 11.5 Å². The van der Waals surface area contributed by atoms with Gasteiger partial charge in [0, 0.05) is 20.0 Å². The summed E-state index contributed by atoms with van der Waals surface area (Å²) in [6.45, 7) is 3.33. The number of carbonyl (C=O) groups is 2. The van der Waals surface area contributed by atoms with Crippen molar-refractivity contribution in [2.24, 2.45) is 9.86 Å². The quantitative estimate of drug-likeness (QED) is 0.193. The van der Waals surface area contributed by atoms with Crippen LogP contribution in [0.15, 0.2) is 70.5 Å². The second kappa shape index (κ2) is 11.1. The Morgan fingerprint density at radius 1 is 1.06 bits per heavy atom. The second-order valence-corrected chi connectivity index (χ2v) is 9.67.